The van der Waals surface area contributed by atoms with E-state index < -0.39 is 0 Å². The molecule has 0 aromatic heterocycles. The van der Waals surface area contributed by atoms with Crippen molar-refractivity contribution in [1.29, 1.82) is 0 Å². The van der Waals surface area contributed by atoms with Gasteiger partial charge in [0, 0.05) is 5.57 Å². The van der Waals surface area contributed by atoms with Gasteiger partial charge in [0.25, 0.3) is 0 Å². The predicted octanol–water partition coefficient (Wildman–Crippen LogP) is 2.15. The molecule has 2 rings (SSSR count). The van der Waals surface area contributed by atoms with Crippen LogP contribution in [0.1, 0.15) is 0 Å². The Kier molecular flexibility index (Phi) is 2.74. The first-order valence-electron chi connectivity index (χ1n) is 4.63. The fourth-order valence-corrected chi connectivity index (χ4v) is 1.26. The van der Waals surface area contributed by atoms with E-state index in [1.807, 2.05) is 30.3 Å². The van der Waals surface area contributed by atoms with Gasteiger partial charge in [0.15, 0.2) is 6.29 Å². The minimum atomic E-state index is 0.596. The molecule has 1 aromatic rings. The summed E-state index contributed by atoms with van der Waals surface area (Å²) in [6.07, 6.45) is 6.12. The monoisotopic (exact) mass is 198 g/mol. The van der Waals surface area contributed by atoms with Crippen LogP contribution in [0.5, 0.6) is 0 Å². The number of hydrazone groups is 1. The molecule has 3 heteroatoms. The fourth-order valence-electron chi connectivity index (χ4n) is 1.26. The van der Waals surface area contributed by atoms with E-state index in [2.05, 4.69) is 10.5 Å². The summed E-state index contributed by atoms with van der Waals surface area (Å²) < 4.78 is 0. The van der Waals surface area contributed by atoms with Gasteiger partial charge in [-0.15, -0.1) is 0 Å². The van der Waals surface area contributed by atoms with Crippen molar-refractivity contribution < 1.29 is 4.79 Å². The largest absolute Gasteiger partial charge is 0.298 e. The Bertz CT molecular complexity index is 444. The number of rotatable bonds is 3. The van der Waals surface area contributed by atoms with Gasteiger partial charge in [0.2, 0.25) is 0 Å². The zero-order chi connectivity index (χ0) is 10.5. The van der Waals surface area contributed by atoms with Crippen molar-refractivity contribution >= 4 is 17.7 Å². The van der Waals surface area contributed by atoms with Crippen LogP contribution in [0, 0.1) is 0 Å². The molecule has 0 saturated carbocycles. The van der Waals surface area contributed by atoms with E-state index >= 15 is 0 Å². The van der Waals surface area contributed by atoms with Crippen molar-refractivity contribution in [3.05, 3.63) is 54.1 Å². The van der Waals surface area contributed by atoms with Crippen LogP contribution in [0.2, 0.25) is 0 Å². The zero-order valence-electron chi connectivity index (χ0n) is 8.05. The summed E-state index contributed by atoms with van der Waals surface area (Å²) in [6, 6.07) is 9.59. The van der Waals surface area contributed by atoms with E-state index in [9.17, 15) is 4.79 Å². The average molecular weight is 198 g/mol. The van der Waals surface area contributed by atoms with E-state index in [4.69, 9.17) is 0 Å². The topological polar surface area (TPSA) is 41.5 Å². The molecule has 0 spiro atoms. The number of benzene rings is 1. The lowest BCUT2D eigenvalue weighted by Crippen LogP contribution is -2.01. The van der Waals surface area contributed by atoms with Crippen LogP contribution in [0.3, 0.4) is 0 Å². The Labute approximate surface area is 87.8 Å². The number of para-hydroxylation sites is 1. The number of allylic oxidation sites excluding steroid dienone is 4. The zero-order valence-corrected chi connectivity index (χ0v) is 8.05. The standard InChI is InChI=1S/C12H10N2O/c15-9-10-5-4-8-12(10)14-13-11-6-2-1-3-7-11/h1-9,13H. The molecular weight excluding hydrogens is 188 g/mol. The second-order valence-corrected chi connectivity index (χ2v) is 3.07. The number of anilines is 1. The molecule has 0 radical (unpaired) electrons. The van der Waals surface area contributed by atoms with E-state index in [0.717, 1.165) is 12.0 Å². The lowest BCUT2D eigenvalue weighted by molar-refractivity contribution is -0.104. The summed E-state index contributed by atoms with van der Waals surface area (Å²) in [4.78, 5) is 10.6. The van der Waals surface area contributed by atoms with Gasteiger partial charge in [-0.2, -0.15) is 5.10 Å². The summed E-state index contributed by atoms with van der Waals surface area (Å²) >= 11 is 0. The first-order valence-corrected chi connectivity index (χ1v) is 4.63. The lowest BCUT2D eigenvalue weighted by atomic mass is 10.2. The van der Waals surface area contributed by atoms with E-state index in [1.54, 1.807) is 18.2 Å². The normalized spacial score (nSPS) is 16.5. The van der Waals surface area contributed by atoms with Crippen molar-refractivity contribution in [1.82, 2.24) is 0 Å². The fraction of sp³-hybridized carbons (Fsp3) is 0. The van der Waals surface area contributed by atoms with Gasteiger partial charge in [-0.1, -0.05) is 24.3 Å². The van der Waals surface area contributed by atoms with Crippen molar-refractivity contribution in [2.75, 3.05) is 5.43 Å². The third-order valence-corrected chi connectivity index (χ3v) is 2.03. The highest BCUT2D eigenvalue weighted by molar-refractivity contribution is 6.22. The van der Waals surface area contributed by atoms with Crippen LogP contribution in [0.4, 0.5) is 5.69 Å². The predicted molar refractivity (Wildman–Crippen MR) is 60.8 cm³/mol. The minimum absolute atomic E-state index is 0.596. The van der Waals surface area contributed by atoms with Gasteiger partial charge in [-0.3, -0.25) is 10.2 Å². The number of nitrogens with zero attached hydrogens (tertiary/aromatic N) is 1. The molecule has 1 N–H and O–H groups in total. The molecule has 3 nitrogen and oxygen atoms in total. The second kappa shape index (κ2) is 4.37. The maximum absolute atomic E-state index is 10.6. The van der Waals surface area contributed by atoms with Crippen molar-refractivity contribution in [3.8, 4) is 0 Å². The molecule has 15 heavy (non-hydrogen) atoms. The first kappa shape index (κ1) is 9.40. The Balaban J connectivity index is 2.10. The molecule has 0 aliphatic heterocycles. The minimum Gasteiger partial charge on any atom is -0.298 e. The van der Waals surface area contributed by atoms with E-state index in [-0.39, 0.29) is 0 Å². The number of carbonyl (C=O) groups excluding carboxylic acids is 1. The Morgan fingerprint density at radius 1 is 1.20 bits per heavy atom. The van der Waals surface area contributed by atoms with Crippen molar-refractivity contribution in [3.63, 3.8) is 0 Å². The molecule has 1 aromatic carbocycles. The van der Waals surface area contributed by atoms with Crippen LogP contribution in [0.15, 0.2) is 59.2 Å². The van der Waals surface area contributed by atoms with Crippen molar-refractivity contribution in [2.45, 2.75) is 0 Å². The Morgan fingerprint density at radius 2 is 2.00 bits per heavy atom. The lowest BCUT2D eigenvalue weighted by Gasteiger charge is -2.00. The Hall–Kier alpha value is -2.16. The highest BCUT2D eigenvalue weighted by atomic mass is 16.1. The molecule has 0 fully saturated rings. The quantitative estimate of drug-likeness (QED) is 0.597. The number of carbonyl (C=O) groups is 1. The van der Waals surface area contributed by atoms with Gasteiger partial charge in [-0.25, -0.2) is 0 Å². The molecule has 1 aliphatic carbocycles. The third-order valence-electron chi connectivity index (χ3n) is 2.03. The highest BCUT2D eigenvalue weighted by Gasteiger charge is 2.06. The molecule has 0 unspecified atom stereocenters. The molecule has 0 amide bonds. The summed E-state index contributed by atoms with van der Waals surface area (Å²) in [5.74, 6) is 0. The van der Waals surface area contributed by atoms with E-state index in [1.165, 1.54) is 0 Å². The van der Waals surface area contributed by atoms with Crippen LogP contribution in [-0.4, -0.2) is 12.0 Å². The second-order valence-electron chi connectivity index (χ2n) is 3.07. The van der Waals surface area contributed by atoms with Gasteiger partial charge in [0.1, 0.15) is 0 Å². The SMILES string of the molecule is O=CC1=CC=CC1=NNc1ccccc1. The van der Waals surface area contributed by atoms with Crippen LogP contribution in [0.25, 0.3) is 0 Å². The Morgan fingerprint density at radius 3 is 2.73 bits per heavy atom. The molecule has 0 saturated heterocycles. The highest BCUT2D eigenvalue weighted by Crippen LogP contribution is 2.08. The van der Waals surface area contributed by atoms with Crippen molar-refractivity contribution in [2.24, 2.45) is 5.10 Å². The number of aldehydes is 1. The van der Waals surface area contributed by atoms with Gasteiger partial charge >= 0.3 is 0 Å². The summed E-state index contributed by atoms with van der Waals surface area (Å²) in [5, 5.41) is 4.13. The van der Waals surface area contributed by atoms with Crippen LogP contribution < -0.4 is 5.43 Å². The molecule has 0 heterocycles. The number of hydrogen-bond donors (Lipinski definition) is 1. The number of nitrogens with one attached hydrogen (secondary N) is 1. The third kappa shape index (κ3) is 2.20. The van der Waals surface area contributed by atoms with Gasteiger partial charge in [-0.05, 0) is 24.3 Å². The average Bonchev–Trinajstić information content (AvgIpc) is 2.75. The first-order chi connectivity index (χ1) is 7.40. The number of hydrogen-bond acceptors (Lipinski definition) is 3. The molecular formula is C12H10N2O. The molecule has 0 atom stereocenters. The van der Waals surface area contributed by atoms with Gasteiger partial charge < -0.3 is 0 Å². The molecule has 74 valence electrons. The summed E-state index contributed by atoms with van der Waals surface area (Å²) in [6.45, 7) is 0. The van der Waals surface area contributed by atoms with Crippen LogP contribution in [-0.2, 0) is 4.79 Å². The summed E-state index contributed by atoms with van der Waals surface area (Å²) in [7, 11) is 0. The summed E-state index contributed by atoms with van der Waals surface area (Å²) in [5.41, 5.74) is 5.04. The smallest absolute Gasteiger partial charge is 0.152 e. The molecule has 1 aliphatic rings. The van der Waals surface area contributed by atoms with Gasteiger partial charge in [0.05, 0.1) is 11.4 Å². The van der Waals surface area contributed by atoms with E-state index in [0.29, 0.717) is 11.3 Å². The molecule has 0 bridgehead atoms. The maximum Gasteiger partial charge on any atom is 0.152 e. The maximum atomic E-state index is 10.6. The van der Waals surface area contributed by atoms with Crippen LogP contribution >= 0.6 is 0 Å².